The van der Waals surface area contributed by atoms with E-state index in [0.29, 0.717) is 16.9 Å². The van der Waals surface area contributed by atoms with Gasteiger partial charge in [0.2, 0.25) is 15.9 Å². The zero-order valence-corrected chi connectivity index (χ0v) is 13.6. The van der Waals surface area contributed by atoms with Crippen LogP contribution in [0.2, 0.25) is 0 Å². The molecule has 2 aromatic rings. The van der Waals surface area contributed by atoms with Crippen LogP contribution in [-0.4, -0.2) is 25.7 Å². The lowest BCUT2D eigenvalue weighted by Gasteiger charge is -2.11. The summed E-state index contributed by atoms with van der Waals surface area (Å²) in [6.45, 7) is 1.77. The first-order chi connectivity index (χ1) is 10.7. The number of benzene rings is 2. The molecule has 0 aromatic heterocycles. The SMILES string of the molecule is Cc1ccc(NC(=O)Cc2ccccc2O)cc1NS(C)(=O)=O. The normalized spacial score (nSPS) is 11.0. The molecule has 0 aliphatic rings. The molecule has 0 spiro atoms. The summed E-state index contributed by atoms with van der Waals surface area (Å²) in [5.74, 6) is -0.244. The molecule has 0 saturated heterocycles. The summed E-state index contributed by atoms with van der Waals surface area (Å²) in [7, 11) is -3.39. The number of anilines is 2. The number of rotatable bonds is 5. The Morgan fingerprint density at radius 3 is 2.52 bits per heavy atom. The van der Waals surface area contributed by atoms with Gasteiger partial charge in [-0.1, -0.05) is 24.3 Å². The van der Waals surface area contributed by atoms with Crippen molar-refractivity contribution < 1.29 is 18.3 Å². The van der Waals surface area contributed by atoms with Gasteiger partial charge in [-0.2, -0.15) is 0 Å². The Kier molecular flexibility index (Phi) is 4.90. The van der Waals surface area contributed by atoms with E-state index in [9.17, 15) is 18.3 Å². The van der Waals surface area contributed by atoms with Crippen molar-refractivity contribution in [3.63, 3.8) is 0 Å². The molecule has 2 rings (SSSR count). The van der Waals surface area contributed by atoms with Gasteiger partial charge in [0.05, 0.1) is 18.4 Å². The van der Waals surface area contributed by atoms with Crippen molar-refractivity contribution in [2.75, 3.05) is 16.3 Å². The number of sulfonamides is 1. The minimum Gasteiger partial charge on any atom is -0.508 e. The molecule has 0 radical (unpaired) electrons. The second-order valence-corrected chi connectivity index (χ2v) is 7.01. The number of aryl methyl sites for hydroxylation is 1. The molecule has 0 fully saturated rings. The van der Waals surface area contributed by atoms with Crippen molar-refractivity contribution in [1.29, 1.82) is 0 Å². The van der Waals surface area contributed by atoms with Crippen LogP contribution in [0.1, 0.15) is 11.1 Å². The molecular formula is C16H18N2O4S. The van der Waals surface area contributed by atoms with E-state index in [1.54, 1.807) is 43.3 Å². The highest BCUT2D eigenvalue weighted by atomic mass is 32.2. The van der Waals surface area contributed by atoms with Crippen molar-refractivity contribution in [3.8, 4) is 5.75 Å². The van der Waals surface area contributed by atoms with Crippen molar-refractivity contribution in [3.05, 3.63) is 53.6 Å². The van der Waals surface area contributed by atoms with Crippen LogP contribution in [0.3, 0.4) is 0 Å². The fraction of sp³-hybridized carbons (Fsp3) is 0.188. The molecule has 0 aliphatic carbocycles. The van der Waals surface area contributed by atoms with Gasteiger partial charge in [-0.05, 0) is 30.7 Å². The van der Waals surface area contributed by atoms with Crippen molar-refractivity contribution in [2.45, 2.75) is 13.3 Å². The van der Waals surface area contributed by atoms with Gasteiger partial charge in [0.1, 0.15) is 5.75 Å². The van der Waals surface area contributed by atoms with Gasteiger partial charge >= 0.3 is 0 Å². The second-order valence-electron chi connectivity index (χ2n) is 5.26. The van der Waals surface area contributed by atoms with E-state index in [2.05, 4.69) is 10.0 Å². The molecule has 122 valence electrons. The van der Waals surface area contributed by atoms with E-state index in [0.717, 1.165) is 11.8 Å². The molecule has 2 aromatic carbocycles. The lowest BCUT2D eigenvalue weighted by atomic mass is 10.1. The lowest BCUT2D eigenvalue weighted by molar-refractivity contribution is -0.115. The van der Waals surface area contributed by atoms with Gasteiger partial charge < -0.3 is 10.4 Å². The van der Waals surface area contributed by atoms with Crippen LogP contribution in [-0.2, 0) is 21.2 Å². The number of hydrogen-bond acceptors (Lipinski definition) is 4. The summed E-state index contributed by atoms with van der Waals surface area (Å²) in [5, 5.41) is 12.4. The maximum atomic E-state index is 12.1. The third-order valence-corrected chi connectivity index (χ3v) is 3.75. The Hall–Kier alpha value is -2.54. The molecule has 0 saturated carbocycles. The zero-order chi connectivity index (χ0) is 17.0. The second kappa shape index (κ2) is 6.70. The number of phenolic OH excluding ortho intramolecular Hbond substituents is 1. The summed E-state index contributed by atoms with van der Waals surface area (Å²) in [6, 6.07) is 11.6. The van der Waals surface area contributed by atoms with Gasteiger partial charge in [-0.25, -0.2) is 8.42 Å². The van der Waals surface area contributed by atoms with Crippen molar-refractivity contribution in [1.82, 2.24) is 0 Å². The smallest absolute Gasteiger partial charge is 0.229 e. The van der Waals surface area contributed by atoms with Crippen molar-refractivity contribution in [2.24, 2.45) is 0 Å². The Morgan fingerprint density at radius 2 is 1.87 bits per heavy atom. The van der Waals surface area contributed by atoms with Gasteiger partial charge in [0, 0.05) is 11.3 Å². The molecule has 23 heavy (non-hydrogen) atoms. The average molecular weight is 334 g/mol. The predicted octanol–water partition coefficient (Wildman–Crippen LogP) is 2.25. The van der Waals surface area contributed by atoms with Crippen LogP contribution in [0.5, 0.6) is 5.75 Å². The molecule has 0 unspecified atom stereocenters. The fourth-order valence-corrected chi connectivity index (χ4v) is 2.67. The van der Waals surface area contributed by atoms with E-state index >= 15 is 0 Å². The number of para-hydroxylation sites is 1. The van der Waals surface area contributed by atoms with Crippen LogP contribution >= 0.6 is 0 Å². The molecule has 1 amide bonds. The highest BCUT2D eigenvalue weighted by Gasteiger charge is 2.10. The van der Waals surface area contributed by atoms with Crippen LogP contribution < -0.4 is 10.0 Å². The molecule has 0 bridgehead atoms. The summed E-state index contributed by atoms with van der Waals surface area (Å²) < 4.78 is 25.1. The first kappa shape index (κ1) is 16.8. The third-order valence-electron chi connectivity index (χ3n) is 3.16. The molecule has 3 N–H and O–H groups in total. The first-order valence-electron chi connectivity index (χ1n) is 6.90. The average Bonchev–Trinajstić information content (AvgIpc) is 2.43. The summed E-state index contributed by atoms with van der Waals surface area (Å²) in [4.78, 5) is 12.1. The Bertz CT molecular complexity index is 832. The van der Waals surface area contributed by atoms with Gasteiger partial charge in [0.15, 0.2) is 0 Å². The number of nitrogens with one attached hydrogen (secondary N) is 2. The molecule has 0 aliphatic heterocycles. The molecular weight excluding hydrogens is 316 g/mol. The summed E-state index contributed by atoms with van der Waals surface area (Å²) in [5.41, 5.74) is 2.15. The van der Waals surface area contributed by atoms with Gasteiger partial charge in [0.25, 0.3) is 0 Å². The van der Waals surface area contributed by atoms with Gasteiger partial charge in [-0.3, -0.25) is 9.52 Å². The van der Waals surface area contributed by atoms with E-state index in [1.807, 2.05) is 0 Å². The Morgan fingerprint density at radius 1 is 1.17 bits per heavy atom. The van der Waals surface area contributed by atoms with Crippen LogP contribution in [0.15, 0.2) is 42.5 Å². The monoisotopic (exact) mass is 334 g/mol. The van der Waals surface area contributed by atoms with Crippen LogP contribution in [0.25, 0.3) is 0 Å². The highest BCUT2D eigenvalue weighted by Crippen LogP contribution is 2.22. The predicted molar refractivity (Wildman–Crippen MR) is 90.1 cm³/mol. The maximum absolute atomic E-state index is 12.1. The molecule has 0 atom stereocenters. The van der Waals surface area contributed by atoms with E-state index in [-0.39, 0.29) is 18.1 Å². The fourth-order valence-electron chi connectivity index (χ4n) is 2.05. The minimum atomic E-state index is -3.39. The number of carbonyl (C=O) groups is 1. The standard InChI is InChI=1S/C16H18N2O4S/c1-11-7-8-13(10-14(11)18-23(2,21)22)17-16(20)9-12-5-3-4-6-15(12)19/h3-8,10,18-19H,9H2,1-2H3,(H,17,20). The minimum absolute atomic E-state index is 0.0232. The number of carbonyl (C=O) groups excluding carboxylic acids is 1. The highest BCUT2D eigenvalue weighted by molar-refractivity contribution is 7.92. The number of amides is 1. The molecule has 6 nitrogen and oxygen atoms in total. The molecule has 7 heteroatoms. The van der Waals surface area contributed by atoms with E-state index in [1.165, 1.54) is 6.07 Å². The van der Waals surface area contributed by atoms with Crippen molar-refractivity contribution >= 4 is 27.3 Å². The lowest BCUT2D eigenvalue weighted by Crippen LogP contribution is -2.15. The summed E-state index contributed by atoms with van der Waals surface area (Å²) in [6.07, 6.45) is 1.09. The number of phenols is 1. The summed E-state index contributed by atoms with van der Waals surface area (Å²) >= 11 is 0. The number of hydrogen-bond donors (Lipinski definition) is 3. The first-order valence-corrected chi connectivity index (χ1v) is 8.79. The van der Waals surface area contributed by atoms with Crippen LogP contribution in [0.4, 0.5) is 11.4 Å². The van der Waals surface area contributed by atoms with Crippen LogP contribution in [0, 0.1) is 6.92 Å². The topological polar surface area (TPSA) is 95.5 Å². The largest absolute Gasteiger partial charge is 0.508 e. The maximum Gasteiger partial charge on any atom is 0.229 e. The Labute approximate surface area is 135 Å². The Balaban J connectivity index is 2.12. The molecule has 0 heterocycles. The van der Waals surface area contributed by atoms with E-state index in [4.69, 9.17) is 0 Å². The quantitative estimate of drug-likeness (QED) is 0.781. The van der Waals surface area contributed by atoms with Gasteiger partial charge in [-0.15, -0.1) is 0 Å². The number of aromatic hydroxyl groups is 1. The van der Waals surface area contributed by atoms with E-state index < -0.39 is 10.0 Å². The third kappa shape index (κ3) is 5.00. The zero-order valence-electron chi connectivity index (χ0n) is 12.8.